The molecule has 2 aromatic carbocycles. The van der Waals surface area contributed by atoms with Crippen molar-refractivity contribution < 1.29 is 19.2 Å². The molecule has 43 heavy (non-hydrogen) atoms. The number of amides is 4. The third-order valence-electron chi connectivity index (χ3n) is 9.51. The number of rotatable bonds is 13. The quantitative estimate of drug-likeness (QED) is 0.284. The van der Waals surface area contributed by atoms with Crippen molar-refractivity contribution in [3.05, 3.63) is 71.8 Å². The van der Waals surface area contributed by atoms with Crippen LogP contribution in [-0.2, 0) is 32.0 Å². The highest BCUT2D eigenvalue weighted by Crippen LogP contribution is 2.28. The second-order valence-electron chi connectivity index (χ2n) is 12.5. The van der Waals surface area contributed by atoms with Crippen molar-refractivity contribution >= 4 is 23.6 Å². The van der Waals surface area contributed by atoms with Gasteiger partial charge >= 0.3 is 23.6 Å². The van der Waals surface area contributed by atoms with Gasteiger partial charge in [-0.05, 0) is 55.6 Å². The largest absolute Gasteiger partial charge is 0.346 e. The number of piperazine rings is 2. The summed E-state index contributed by atoms with van der Waals surface area (Å²) in [4.78, 5) is 56.8. The van der Waals surface area contributed by atoms with Crippen molar-refractivity contribution in [2.24, 2.45) is 5.92 Å². The molecule has 0 unspecified atom stereocenters. The molecule has 5 rings (SSSR count). The van der Waals surface area contributed by atoms with Crippen LogP contribution in [0.3, 0.4) is 0 Å². The molecule has 0 spiro atoms. The second-order valence-corrected chi connectivity index (χ2v) is 12.5. The normalized spacial score (nSPS) is 21.8. The first kappa shape index (κ1) is 30.8. The van der Waals surface area contributed by atoms with Crippen LogP contribution < -0.4 is 5.32 Å². The van der Waals surface area contributed by atoms with E-state index in [2.05, 4.69) is 17.4 Å². The minimum Gasteiger partial charge on any atom is -0.346 e. The van der Waals surface area contributed by atoms with Gasteiger partial charge in [-0.15, -0.1) is 0 Å². The van der Waals surface area contributed by atoms with Crippen LogP contribution in [0.25, 0.3) is 0 Å². The molecule has 0 aromatic heterocycles. The summed E-state index contributed by atoms with van der Waals surface area (Å²) in [5.41, 5.74) is 2.31. The lowest BCUT2D eigenvalue weighted by molar-refractivity contribution is -0.159. The molecule has 8 heteroatoms. The number of hydrogen-bond donors (Lipinski definition) is 1. The molecule has 3 fully saturated rings. The van der Waals surface area contributed by atoms with E-state index in [1.165, 1.54) is 37.7 Å². The lowest BCUT2D eigenvalue weighted by Gasteiger charge is -2.41. The Kier molecular flexibility index (Phi) is 10.9. The van der Waals surface area contributed by atoms with Crippen molar-refractivity contribution in [2.45, 2.75) is 82.7 Å². The summed E-state index contributed by atoms with van der Waals surface area (Å²) < 4.78 is 0. The van der Waals surface area contributed by atoms with Crippen LogP contribution in [0.1, 0.15) is 68.9 Å². The number of nitrogens with one attached hydrogen (secondary N) is 1. The van der Waals surface area contributed by atoms with E-state index in [1.54, 1.807) is 9.80 Å². The molecular formula is C35H46N4O4. The third-order valence-corrected chi connectivity index (χ3v) is 9.51. The number of unbranched alkanes of at least 4 members (excludes halogenated alkanes) is 1. The van der Waals surface area contributed by atoms with Gasteiger partial charge in [0.2, 0.25) is 0 Å². The number of carbonyl (C=O) groups is 4. The summed E-state index contributed by atoms with van der Waals surface area (Å²) in [6.45, 7) is 2.66. The van der Waals surface area contributed by atoms with Crippen LogP contribution in [0.2, 0.25) is 0 Å². The lowest BCUT2D eigenvalue weighted by Crippen LogP contribution is -2.60. The van der Waals surface area contributed by atoms with E-state index in [-0.39, 0.29) is 18.0 Å². The fourth-order valence-corrected chi connectivity index (χ4v) is 7.01. The van der Waals surface area contributed by atoms with Crippen molar-refractivity contribution in [1.29, 1.82) is 0 Å². The van der Waals surface area contributed by atoms with Crippen LogP contribution in [0.15, 0.2) is 60.7 Å². The zero-order chi connectivity index (χ0) is 30.0. The van der Waals surface area contributed by atoms with E-state index in [0.29, 0.717) is 45.1 Å². The predicted molar refractivity (Wildman–Crippen MR) is 166 cm³/mol. The molecule has 2 aliphatic heterocycles. The minimum absolute atomic E-state index is 0.0316. The Morgan fingerprint density at radius 3 is 2.05 bits per heavy atom. The molecule has 4 amide bonds. The summed E-state index contributed by atoms with van der Waals surface area (Å²) in [7, 11) is 0. The van der Waals surface area contributed by atoms with Gasteiger partial charge in [-0.1, -0.05) is 92.8 Å². The van der Waals surface area contributed by atoms with Crippen LogP contribution >= 0.6 is 0 Å². The Hall–Kier alpha value is -3.68. The molecule has 0 bridgehead atoms. The van der Waals surface area contributed by atoms with Crippen molar-refractivity contribution in [3.63, 3.8) is 0 Å². The van der Waals surface area contributed by atoms with Crippen LogP contribution in [0, 0.1) is 5.92 Å². The zero-order valence-electron chi connectivity index (χ0n) is 25.3. The third kappa shape index (κ3) is 8.24. The first-order valence-electron chi connectivity index (χ1n) is 16.3. The fraction of sp³-hybridized carbons (Fsp3) is 0.543. The minimum atomic E-state index is -0.542. The number of carbonyl (C=O) groups excluding carboxylic acids is 4. The highest BCUT2D eigenvalue weighted by atomic mass is 16.2. The standard InChI is InChI=1S/C35H46N4O4/c40-32-33(41)38(22-19-27-12-4-1-5-13-27)30(25-36-32)18-10-11-21-37-26-31(24-29-16-8-3-9-17-29)39(35(43)34(37)42)23-20-28-14-6-2-7-15-28/h1,3-5,8-9,12-13,16-17,28,30-31H,2,6-7,10-11,14-15,18-26H2,(H,36,40)/t30-,31+/m1/s1. The maximum Gasteiger partial charge on any atom is 0.312 e. The molecule has 230 valence electrons. The van der Waals surface area contributed by atoms with Gasteiger partial charge in [0.1, 0.15) is 0 Å². The van der Waals surface area contributed by atoms with Gasteiger partial charge in [0.25, 0.3) is 0 Å². The molecule has 2 aromatic rings. The summed E-state index contributed by atoms with van der Waals surface area (Å²) >= 11 is 0. The van der Waals surface area contributed by atoms with E-state index in [1.807, 2.05) is 53.4 Å². The molecule has 2 saturated heterocycles. The Morgan fingerprint density at radius 1 is 0.651 bits per heavy atom. The molecule has 3 aliphatic rings. The molecular weight excluding hydrogens is 540 g/mol. The number of nitrogens with zero attached hydrogens (tertiary/aromatic N) is 3. The smallest absolute Gasteiger partial charge is 0.312 e. The van der Waals surface area contributed by atoms with E-state index in [4.69, 9.17) is 0 Å². The van der Waals surface area contributed by atoms with Gasteiger partial charge in [-0.3, -0.25) is 19.2 Å². The Morgan fingerprint density at radius 2 is 1.33 bits per heavy atom. The van der Waals surface area contributed by atoms with Crippen LogP contribution in [0.4, 0.5) is 0 Å². The molecule has 1 saturated carbocycles. The molecule has 2 atom stereocenters. The second kappa shape index (κ2) is 15.2. The maximum atomic E-state index is 13.4. The van der Waals surface area contributed by atoms with Crippen molar-refractivity contribution in [3.8, 4) is 0 Å². The van der Waals surface area contributed by atoms with E-state index in [0.717, 1.165) is 37.7 Å². The van der Waals surface area contributed by atoms with Gasteiger partial charge < -0.3 is 20.0 Å². The Balaban J connectivity index is 1.16. The summed E-state index contributed by atoms with van der Waals surface area (Å²) in [6, 6.07) is 20.1. The first-order valence-corrected chi connectivity index (χ1v) is 16.3. The first-order chi connectivity index (χ1) is 21.0. The van der Waals surface area contributed by atoms with Crippen molar-refractivity contribution in [2.75, 3.05) is 32.7 Å². The van der Waals surface area contributed by atoms with Gasteiger partial charge in [-0.2, -0.15) is 0 Å². The fourth-order valence-electron chi connectivity index (χ4n) is 7.01. The zero-order valence-corrected chi connectivity index (χ0v) is 25.3. The van der Waals surface area contributed by atoms with Gasteiger partial charge in [0.15, 0.2) is 0 Å². The van der Waals surface area contributed by atoms with Gasteiger partial charge in [0.05, 0.1) is 6.04 Å². The van der Waals surface area contributed by atoms with Crippen LogP contribution in [0.5, 0.6) is 0 Å². The van der Waals surface area contributed by atoms with Gasteiger partial charge in [-0.25, -0.2) is 0 Å². The number of hydrogen-bond acceptors (Lipinski definition) is 4. The highest BCUT2D eigenvalue weighted by molar-refractivity contribution is 6.36. The highest BCUT2D eigenvalue weighted by Gasteiger charge is 2.39. The van der Waals surface area contributed by atoms with E-state index in [9.17, 15) is 19.2 Å². The Bertz CT molecular complexity index is 1230. The SMILES string of the molecule is O=C1NC[C@@H](CCCCN2C[C@H](Cc3ccccc3)N(CCC3CCCCC3)C(=O)C2=O)N(CCc2ccccc2)C1=O. The molecule has 1 aliphatic carbocycles. The van der Waals surface area contributed by atoms with E-state index >= 15 is 0 Å². The number of benzene rings is 2. The van der Waals surface area contributed by atoms with Crippen LogP contribution in [-0.4, -0.2) is 83.1 Å². The lowest BCUT2D eigenvalue weighted by atomic mass is 9.86. The predicted octanol–water partition coefficient (Wildman–Crippen LogP) is 3.98. The summed E-state index contributed by atoms with van der Waals surface area (Å²) in [5.74, 6) is -1.12. The van der Waals surface area contributed by atoms with Crippen molar-refractivity contribution in [1.82, 2.24) is 20.0 Å². The maximum absolute atomic E-state index is 13.4. The van der Waals surface area contributed by atoms with E-state index < -0.39 is 17.7 Å². The average Bonchev–Trinajstić information content (AvgIpc) is 3.04. The average molecular weight is 587 g/mol. The monoisotopic (exact) mass is 586 g/mol. The molecule has 0 radical (unpaired) electrons. The topological polar surface area (TPSA) is 90.0 Å². The summed E-state index contributed by atoms with van der Waals surface area (Å²) in [5, 5.41) is 2.74. The molecule has 8 nitrogen and oxygen atoms in total. The molecule has 1 N–H and O–H groups in total. The summed E-state index contributed by atoms with van der Waals surface area (Å²) in [6.07, 6.45) is 11.0. The van der Waals surface area contributed by atoms with Gasteiger partial charge in [0, 0.05) is 38.8 Å². The Labute approximate surface area is 255 Å². The molecule has 2 heterocycles.